The number of carboxylic acids is 1. The van der Waals surface area contributed by atoms with Gasteiger partial charge in [-0.15, -0.1) is 0 Å². The summed E-state index contributed by atoms with van der Waals surface area (Å²) in [7, 11) is -3.88. The Balaban J connectivity index is 2.05. The first-order chi connectivity index (χ1) is 12.3. The summed E-state index contributed by atoms with van der Waals surface area (Å²) in [4.78, 5) is 24.5. The van der Waals surface area contributed by atoms with Gasteiger partial charge in [0, 0.05) is 12.1 Å². The van der Waals surface area contributed by atoms with Gasteiger partial charge in [-0.3, -0.25) is 9.69 Å². The van der Waals surface area contributed by atoms with Crippen molar-refractivity contribution in [2.75, 3.05) is 19.7 Å². The molecule has 0 bridgehead atoms. The number of rotatable bonds is 9. The van der Waals surface area contributed by atoms with Gasteiger partial charge >= 0.3 is 11.9 Å². The van der Waals surface area contributed by atoms with Gasteiger partial charge in [0.2, 0.25) is 10.0 Å². The average molecular weight is 384 g/mol. The minimum absolute atomic E-state index is 0.00112. The molecule has 0 spiro atoms. The van der Waals surface area contributed by atoms with Gasteiger partial charge < -0.3 is 9.84 Å². The van der Waals surface area contributed by atoms with Crippen molar-refractivity contribution in [1.29, 1.82) is 0 Å². The summed E-state index contributed by atoms with van der Waals surface area (Å²) in [6, 6.07) is 5.66. The number of carbonyl (C=O) groups excluding carboxylic acids is 1. The topological polar surface area (TPSA) is 113 Å². The molecule has 0 unspecified atom stereocenters. The van der Waals surface area contributed by atoms with Crippen LogP contribution in [0.1, 0.15) is 37.0 Å². The van der Waals surface area contributed by atoms with Crippen LogP contribution in [0.3, 0.4) is 0 Å². The molecule has 1 aromatic rings. The highest BCUT2D eigenvalue weighted by Crippen LogP contribution is 2.27. The van der Waals surface area contributed by atoms with Crippen molar-refractivity contribution in [3.8, 4) is 0 Å². The summed E-state index contributed by atoms with van der Waals surface area (Å²) in [5, 5.41) is 8.91. The van der Waals surface area contributed by atoms with Gasteiger partial charge in [0.25, 0.3) is 0 Å². The Morgan fingerprint density at radius 1 is 1.27 bits per heavy atom. The first-order valence-electron chi connectivity index (χ1n) is 8.52. The minimum atomic E-state index is -3.88. The number of ether oxygens (including phenoxy) is 1. The second-order valence-electron chi connectivity index (χ2n) is 6.12. The fraction of sp³-hybridized carbons (Fsp3) is 0.529. The largest absolute Gasteiger partial charge is 0.480 e. The molecule has 0 saturated heterocycles. The number of benzene rings is 1. The van der Waals surface area contributed by atoms with E-state index < -0.39 is 22.0 Å². The maximum Gasteiger partial charge on any atom is 0.339 e. The quantitative estimate of drug-likeness (QED) is 0.613. The van der Waals surface area contributed by atoms with Crippen molar-refractivity contribution >= 4 is 22.0 Å². The number of carbonyl (C=O) groups is 2. The molecule has 1 aliphatic rings. The fourth-order valence-corrected chi connectivity index (χ4v) is 4.47. The molecule has 0 radical (unpaired) electrons. The molecular formula is C17H24N2O6S. The lowest BCUT2D eigenvalue weighted by Gasteiger charge is -2.42. The fourth-order valence-electron chi connectivity index (χ4n) is 3.02. The standard InChI is InChI=1S/C17H24N2O6S/c1-3-19(11-16(20)21)13-9-12(10-13)18-26(23,24)15-8-6-5-7-14(15)17(22)25-4-2/h5-8,12-13,18H,3-4,9-11H2,1-2H3,(H,20,21). The number of likely N-dealkylation sites (N-methyl/N-ethyl adjacent to an activating group) is 1. The Morgan fingerprint density at radius 2 is 1.92 bits per heavy atom. The van der Waals surface area contributed by atoms with E-state index in [4.69, 9.17) is 9.84 Å². The highest BCUT2D eigenvalue weighted by molar-refractivity contribution is 7.89. The molecule has 0 aliphatic heterocycles. The molecule has 9 heteroatoms. The second-order valence-corrected chi connectivity index (χ2v) is 7.80. The van der Waals surface area contributed by atoms with Gasteiger partial charge in [-0.05, 0) is 38.4 Å². The number of sulfonamides is 1. The molecule has 1 aliphatic carbocycles. The monoisotopic (exact) mass is 384 g/mol. The van der Waals surface area contributed by atoms with E-state index in [1.807, 2.05) is 6.92 Å². The SMILES string of the molecule is CCOC(=O)c1ccccc1S(=O)(=O)NC1CC(N(CC)CC(=O)O)C1. The summed E-state index contributed by atoms with van der Waals surface area (Å²) in [5.74, 6) is -1.59. The molecule has 0 heterocycles. The molecule has 2 rings (SSSR count). The van der Waals surface area contributed by atoms with Crippen LogP contribution in [0.25, 0.3) is 0 Å². The smallest absolute Gasteiger partial charge is 0.339 e. The van der Waals surface area contributed by atoms with Crippen molar-refractivity contribution in [3.05, 3.63) is 29.8 Å². The Labute approximate surface area is 153 Å². The van der Waals surface area contributed by atoms with Crippen LogP contribution >= 0.6 is 0 Å². The number of carboxylic acid groups (broad SMARTS) is 1. The molecular weight excluding hydrogens is 360 g/mol. The zero-order valence-electron chi connectivity index (χ0n) is 14.8. The van der Waals surface area contributed by atoms with Crippen molar-refractivity contribution < 1.29 is 27.9 Å². The van der Waals surface area contributed by atoms with Gasteiger partial charge in [-0.1, -0.05) is 19.1 Å². The van der Waals surface area contributed by atoms with E-state index in [-0.39, 0.29) is 35.7 Å². The van der Waals surface area contributed by atoms with Crippen LogP contribution in [-0.2, 0) is 19.6 Å². The summed E-state index contributed by atoms with van der Waals surface area (Å²) in [6.45, 7) is 4.20. The van der Waals surface area contributed by atoms with E-state index in [0.717, 1.165) is 0 Å². The van der Waals surface area contributed by atoms with Crippen molar-refractivity contribution in [3.63, 3.8) is 0 Å². The summed E-state index contributed by atoms with van der Waals surface area (Å²) < 4.78 is 32.8. The van der Waals surface area contributed by atoms with E-state index in [1.165, 1.54) is 12.1 Å². The lowest BCUT2D eigenvalue weighted by Crippen LogP contribution is -2.54. The minimum Gasteiger partial charge on any atom is -0.480 e. The molecule has 2 N–H and O–H groups in total. The van der Waals surface area contributed by atoms with Gasteiger partial charge in [0.15, 0.2) is 0 Å². The zero-order chi connectivity index (χ0) is 19.3. The predicted molar refractivity (Wildman–Crippen MR) is 94.4 cm³/mol. The number of nitrogens with zero attached hydrogens (tertiary/aromatic N) is 1. The molecule has 1 aromatic carbocycles. The molecule has 26 heavy (non-hydrogen) atoms. The number of esters is 1. The molecule has 1 saturated carbocycles. The average Bonchev–Trinajstić information content (AvgIpc) is 2.56. The Bertz CT molecular complexity index is 758. The maximum atomic E-state index is 12.7. The third-order valence-corrected chi connectivity index (χ3v) is 5.95. The van der Waals surface area contributed by atoms with Crippen molar-refractivity contribution in [1.82, 2.24) is 9.62 Å². The summed E-state index contributed by atoms with van der Waals surface area (Å²) >= 11 is 0. The van der Waals surface area contributed by atoms with Gasteiger partial charge in [0.05, 0.1) is 23.6 Å². The van der Waals surface area contributed by atoms with Crippen LogP contribution in [0.5, 0.6) is 0 Å². The van der Waals surface area contributed by atoms with Gasteiger partial charge in [-0.2, -0.15) is 0 Å². The number of hydrogen-bond acceptors (Lipinski definition) is 6. The lowest BCUT2D eigenvalue weighted by atomic mass is 9.86. The van der Waals surface area contributed by atoms with Crippen LogP contribution in [0.4, 0.5) is 0 Å². The van der Waals surface area contributed by atoms with Gasteiger partial charge in [-0.25, -0.2) is 17.9 Å². The predicted octanol–water partition coefficient (Wildman–Crippen LogP) is 1.08. The van der Waals surface area contributed by atoms with Crippen LogP contribution in [0.15, 0.2) is 29.2 Å². The van der Waals surface area contributed by atoms with E-state index in [9.17, 15) is 18.0 Å². The number of aliphatic carboxylic acids is 1. The van der Waals surface area contributed by atoms with Crippen molar-refractivity contribution in [2.45, 2.75) is 43.7 Å². The first kappa shape index (κ1) is 20.3. The number of hydrogen-bond donors (Lipinski definition) is 2. The Morgan fingerprint density at radius 3 is 2.50 bits per heavy atom. The maximum absolute atomic E-state index is 12.7. The Hall–Kier alpha value is -1.97. The molecule has 0 amide bonds. The molecule has 1 fully saturated rings. The lowest BCUT2D eigenvalue weighted by molar-refractivity contribution is -0.139. The van der Waals surface area contributed by atoms with E-state index in [1.54, 1.807) is 24.0 Å². The normalized spacial score (nSPS) is 19.8. The van der Waals surface area contributed by atoms with Crippen LogP contribution < -0.4 is 4.72 Å². The van der Waals surface area contributed by atoms with E-state index >= 15 is 0 Å². The van der Waals surface area contributed by atoms with E-state index in [0.29, 0.717) is 19.4 Å². The number of nitrogens with one attached hydrogen (secondary N) is 1. The third kappa shape index (κ3) is 4.80. The highest BCUT2D eigenvalue weighted by Gasteiger charge is 2.37. The van der Waals surface area contributed by atoms with Crippen LogP contribution in [-0.4, -0.2) is 62.1 Å². The Kier molecular flexibility index (Phi) is 6.74. The molecule has 0 aromatic heterocycles. The summed E-state index contributed by atoms with van der Waals surface area (Å²) in [5.41, 5.74) is -0.00112. The van der Waals surface area contributed by atoms with Crippen LogP contribution in [0.2, 0.25) is 0 Å². The van der Waals surface area contributed by atoms with Crippen molar-refractivity contribution in [2.24, 2.45) is 0 Å². The zero-order valence-corrected chi connectivity index (χ0v) is 15.7. The first-order valence-corrected chi connectivity index (χ1v) is 10.0. The molecule has 0 atom stereocenters. The molecule has 8 nitrogen and oxygen atoms in total. The molecule has 144 valence electrons. The summed E-state index contributed by atoms with van der Waals surface area (Å²) in [6.07, 6.45) is 1.06. The highest BCUT2D eigenvalue weighted by atomic mass is 32.2. The van der Waals surface area contributed by atoms with Gasteiger partial charge in [0.1, 0.15) is 0 Å². The third-order valence-electron chi connectivity index (χ3n) is 4.37. The van der Waals surface area contributed by atoms with Crippen LogP contribution in [0, 0.1) is 0 Å². The second kappa shape index (κ2) is 8.61. The van der Waals surface area contributed by atoms with E-state index in [2.05, 4.69) is 4.72 Å².